The van der Waals surface area contributed by atoms with Crippen LogP contribution in [0.25, 0.3) is 33.3 Å². The van der Waals surface area contributed by atoms with E-state index in [1.807, 2.05) is 44.3 Å². The molecule has 1 aliphatic heterocycles. The zero-order chi connectivity index (χ0) is 28.6. The standard InChI is InChI=1S/C34H33N7O/c1-21-16-27(12-13-35-21)37-26-8-10-31-33(18-26)40-34(39-31)24-4-6-25(7-5-24)38-32-17-22(2)36-30-11-9-28(19-29(30)32)41-14-15-42-23(3)20-41/h4-13,16-19,23H,14-15,20H2,1-3H3,(H,35,37)(H,36,38)(H,39,40)/t23-/m1/s1. The van der Waals surface area contributed by atoms with Gasteiger partial charge in [-0.2, -0.15) is 0 Å². The fourth-order valence-electron chi connectivity index (χ4n) is 5.58. The molecule has 1 aliphatic rings. The predicted molar refractivity (Wildman–Crippen MR) is 171 cm³/mol. The normalized spacial score (nSPS) is 15.3. The number of aromatic amines is 1. The van der Waals surface area contributed by atoms with E-state index in [9.17, 15) is 0 Å². The highest BCUT2D eigenvalue weighted by atomic mass is 16.5. The molecule has 8 nitrogen and oxygen atoms in total. The van der Waals surface area contributed by atoms with Gasteiger partial charge >= 0.3 is 0 Å². The van der Waals surface area contributed by atoms with Crippen LogP contribution >= 0.6 is 0 Å². The zero-order valence-electron chi connectivity index (χ0n) is 24.0. The Labute approximate surface area is 244 Å². The number of pyridine rings is 2. The van der Waals surface area contributed by atoms with Crippen LogP contribution < -0.4 is 15.5 Å². The van der Waals surface area contributed by atoms with Gasteiger partial charge < -0.3 is 25.3 Å². The number of aryl methyl sites for hydroxylation is 2. The van der Waals surface area contributed by atoms with E-state index in [-0.39, 0.29) is 6.10 Å². The molecule has 42 heavy (non-hydrogen) atoms. The summed E-state index contributed by atoms with van der Waals surface area (Å²) < 4.78 is 5.75. The Balaban J connectivity index is 1.12. The number of aromatic nitrogens is 4. The van der Waals surface area contributed by atoms with Gasteiger partial charge in [-0.1, -0.05) is 0 Å². The summed E-state index contributed by atoms with van der Waals surface area (Å²) in [5.41, 5.74) is 11.1. The number of H-pyrrole nitrogens is 1. The number of nitrogens with one attached hydrogen (secondary N) is 3. The largest absolute Gasteiger partial charge is 0.375 e. The molecule has 3 aromatic carbocycles. The Morgan fingerprint density at radius 1 is 0.810 bits per heavy atom. The monoisotopic (exact) mass is 555 g/mol. The molecule has 1 saturated heterocycles. The van der Waals surface area contributed by atoms with Crippen LogP contribution in [0, 0.1) is 13.8 Å². The molecular formula is C34H33N7O. The van der Waals surface area contributed by atoms with E-state index < -0.39 is 0 Å². The van der Waals surface area contributed by atoms with Crippen LogP contribution in [0.4, 0.5) is 28.4 Å². The minimum atomic E-state index is 0.226. The molecule has 0 unspecified atom stereocenters. The first-order chi connectivity index (χ1) is 20.5. The number of ether oxygens (including phenoxy) is 1. The van der Waals surface area contributed by atoms with Gasteiger partial charge in [-0.05, 0) is 99.6 Å². The first-order valence-electron chi connectivity index (χ1n) is 14.3. The number of imidazole rings is 1. The fraction of sp³-hybridized carbons (Fsp3) is 0.206. The summed E-state index contributed by atoms with van der Waals surface area (Å²) in [5.74, 6) is 0.836. The van der Waals surface area contributed by atoms with Gasteiger partial charge in [0.1, 0.15) is 5.82 Å². The summed E-state index contributed by atoms with van der Waals surface area (Å²) >= 11 is 0. The van der Waals surface area contributed by atoms with Gasteiger partial charge in [0.2, 0.25) is 0 Å². The van der Waals surface area contributed by atoms with Crippen molar-refractivity contribution in [3.8, 4) is 11.4 Å². The first kappa shape index (κ1) is 26.0. The van der Waals surface area contributed by atoms with Crippen molar-refractivity contribution >= 4 is 50.4 Å². The van der Waals surface area contributed by atoms with E-state index in [4.69, 9.17) is 14.7 Å². The van der Waals surface area contributed by atoms with Crippen molar-refractivity contribution in [2.24, 2.45) is 0 Å². The summed E-state index contributed by atoms with van der Waals surface area (Å²) in [6, 6.07) is 27.2. The summed E-state index contributed by atoms with van der Waals surface area (Å²) in [5, 5.41) is 8.19. The lowest BCUT2D eigenvalue weighted by atomic mass is 10.1. The van der Waals surface area contributed by atoms with Crippen molar-refractivity contribution in [3.05, 3.63) is 96.4 Å². The molecule has 1 atom stereocenters. The van der Waals surface area contributed by atoms with Crippen LogP contribution in [0.15, 0.2) is 85.1 Å². The molecule has 3 N–H and O–H groups in total. The molecule has 0 amide bonds. The third kappa shape index (κ3) is 5.36. The molecule has 7 rings (SSSR count). The van der Waals surface area contributed by atoms with Crippen molar-refractivity contribution in [2.75, 3.05) is 35.2 Å². The minimum Gasteiger partial charge on any atom is -0.375 e. The maximum absolute atomic E-state index is 5.75. The van der Waals surface area contributed by atoms with Gasteiger partial charge in [-0.25, -0.2) is 4.98 Å². The molecule has 0 saturated carbocycles. The lowest BCUT2D eigenvalue weighted by Gasteiger charge is -2.33. The predicted octanol–water partition coefficient (Wildman–Crippen LogP) is 7.50. The zero-order valence-corrected chi connectivity index (χ0v) is 24.0. The van der Waals surface area contributed by atoms with Gasteiger partial charge in [-0.3, -0.25) is 9.97 Å². The topological polar surface area (TPSA) is 91.0 Å². The van der Waals surface area contributed by atoms with Crippen molar-refractivity contribution in [2.45, 2.75) is 26.9 Å². The minimum absolute atomic E-state index is 0.226. The summed E-state index contributed by atoms with van der Waals surface area (Å²) in [7, 11) is 0. The van der Waals surface area contributed by atoms with E-state index in [1.165, 1.54) is 5.69 Å². The van der Waals surface area contributed by atoms with Gasteiger partial charge in [0.15, 0.2) is 0 Å². The third-order valence-corrected chi connectivity index (χ3v) is 7.63. The average molecular weight is 556 g/mol. The molecule has 6 aromatic rings. The number of hydrogen-bond acceptors (Lipinski definition) is 7. The molecule has 3 aromatic heterocycles. The van der Waals surface area contributed by atoms with Gasteiger partial charge in [0.05, 0.1) is 29.3 Å². The first-order valence-corrected chi connectivity index (χ1v) is 14.3. The number of nitrogens with zero attached hydrogens (tertiary/aromatic N) is 4. The van der Waals surface area contributed by atoms with Crippen LogP contribution in [-0.4, -0.2) is 45.7 Å². The molecule has 1 fully saturated rings. The average Bonchev–Trinajstić information content (AvgIpc) is 3.41. The van der Waals surface area contributed by atoms with E-state index in [0.29, 0.717) is 0 Å². The number of anilines is 5. The van der Waals surface area contributed by atoms with E-state index >= 15 is 0 Å². The Kier molecular flexibility index (Phi) is 6.68. The van der Waals surface area contributed by atoms with Crippen LogP contribution in [0.5, 0.6) is 0 Å². The Morgan fingerprint density at radius 3 is 2.45 bits per heavy atom. The van der Waals surface area contributed by atoms with Crippen LogP contribution in [-0.2, 0) is 4.74 Å². The van der Waals surface area contributed by atoms with Gasteiger partial charge in [0.25, 0.3) is 0 Å². The molecule has 0 aliphatic carbocycles. The molecular weight excluding hydrogens is 522 g/mol. The lowest BCUT2D eigenvalue weighted by molar-refractivity contribution is 0.0532. The van der Waals surface area contributed by atoms with Gasteiger partial charge in [0, 0.05) is 70.1 Å². The summed E-state index contributed by atoms with van der Waals surface area (Å²) in [4.78, 5) is 19.8. The van der Waals surface area contributed by atoms with Crippen molar-refractivity contribution in [3.63, 3.8) is 0 Å². The maximum atomic E-state index is 5.75. The number of rotatable bonds is 6. The van der Waals surface area contributed by atoms with Crippen LogP contribution in [0.1, 0.15) is 18.3 Å². The van der Waals surface area contributed by atoms with E-state index in [1.54, 1.807) is 0 Å². The van der Waals surface area contributed by atoms with E-state index in [2.05, 4.69) is 87.0 Å². The second kappa shape index (κ2) is 10.8. The Morgan fingerprint density at radius 2 is 1.62 bits per heavy atom. The second-order valence-electron chi connectivity index (χ2n) is 11.0. The highest BCUT2D eigenvalue weighted by molar-refractivity contribution is 5.95. The Bertz CT molecular complexity index is 1900. The van der Waals surface area contributed by atoms with Crippen LogP contribution in [0.2, 0.25) is 0 Å². The third-order valence-electron chi connectivity index (χ3n) is 7.63. The Hall–Kier alpha value is -4.95. The highest BCUT2D eigenvalue weighted by Crippen LogP contribution is 2.32. The van der Waals surface area contributed by atoms with E-state index in [0.717, 1.165) is 87.2 Å². The molecule has 4 heterocycles. The smallest absolute Gasteiger partial charge is 0.138 e. The van der Waals surface area contributed by atoms with Crippen molar-refractivity contribution < 1.29 is 4.74 Å². The molecule has 8 heteroatoms. The summed E-state index contributed by atoms with van der Waals surface area (Å²) in [6.07, 6.45) is 2.04. The summed E-state index contributed by atoms with van der Waals surface area (Å²) in [6.45, 7) is 8.67. The SMILES string of the molecule is Cc1cc(Nc2ccc3nc(-c4ccc(Nc5cc(C)nc6ccc(N7CCO[C@H](C)C7)cc56)cc4)[nH]c3c2)ccn1. The molecule has 0 bridgehead atoms. The maximum Gasteiger partial charge on any atom is 0.138 e. The second-order valence-corrected chi connectivity index (χ2v) is 11.0. The number of benzene rings is 3. The lowest BCUT2D eigenvalue weighted by Crippen LogP contribution is -2.41. The highest BCUT2D eigenvalue weighted by Gasteiger charge is 2.18. The van der Waals surface area contributed by atoms with Gasteiger partial charge in [-0.15, -0.1) is 0 Å². The quantitative estimate of drug-likeness (QED) is 0.196. The number of fused-ring (bicyclic) bond motifs is 2. The molecule has 0 radical (unpaired) electrons. The molecule has 0 spiro atoms. The van der Waals surface area contributed by atoms with Crippen molar-refractivity contribution in [1.29, 1.82) is 0 Å². The number of hydrogen-bond donors (Lipinski definition) is 3. The number of morpholine rings is 1. The molecule has 210 valence electrons. The van der Waals surface area contributed by atoms with Crippen LogP contribution in [0.3, 0.4) is 0 Å². The van der Waals surface area contributed by atoms with Crippen molar-refractivity contribution in [1.82, 2.24) is 19.9 Å². The fourth-order valence-corrected chi connectivity index (χ4v) is 5.58.